The Kier molecular flexibility index (Phi) is 9.65. The first-order chi connectivity index (χ1) is 18.9. The lowest BCUT2D eigenvalue weighted by molar-refractivity contribution is 0.0964. The Morgan fingerprint density at radius 1 is 1.10 bits per heavy atom. The quantitative estimate of drug-likeness (QED) is 0.319. The number of pyridine rings is 2. The van der Waals surface area contributed by atoms with Crippen molar-refractivity contribution in [3.63, 3.8) is 0 Å². The number of halogens is 1. The van der Waals surface area contributed by atoms with Crippen molar-refractivity contribution in [3.8, 4) is 11.3 Å². The standard InChI is InChI=1S/C30H34FN7O.H2S/c1-19(23-6-7-25(31)28-24(30(39)32-2)8-11-33-29(23)28)16-35-27-15-26(36-18-37-27)21-4-5-22(34-17-21)14-20-9-12-38(3)13-10-20;/h4-8,11,15,17-20H,9-10,12-14,16H2,1-3H3,(H,32,39)(H,35,36,37);1H2/t19-;/m1./s1. The average Bonchev–Trinajstić information content (AvgIpc) is 2.97. The second-order valence-corrected chi connectivity index (χ2v) is 10.4. The Balaban J connectivity index is 0.00000370. The van der Waals surface area contributed by atoms with Crippen LogP contribution >= 0.6 is 13.5 Å². The minimum atomic E-state index is -0.466. The predicted molar refractivity (Wildman–Crippen MR) is 162 cm³/mol. The molecule has 1 aliphatic rings. The molecule has 1 amide bonds. The molecule has 0 spiro atoms. The summed E-state index contributed by atoms with van der Waals surface area (Å²) in [6, 6.07) is 10.8. The molecule has 3 aromatic heterocycles. The van der Waals surface area contributed by atoms with Crippen LogP contribution < -0.4 is 10.6 Å². The van der Waals surface area contributed by atoms with E-state index in [-0.39, 0.29) is 36.3 Å². The average molecular weight is 562 g/mol. The monoisotopic (exact) mass is 561 g/mol. The fraction of sp³-hybridized carbons (Fsp3) is 0.367. The highest BCUT2D eigenvalue weighted by molar-refractivity contribution is 7.59. The summed E-state index contributed by atoms with van der Waals surface area (Å²) in [5.41, 5.74) is 4.46. The van der Waals surface area contributed by atoms with E-state index in [4.69, 9.17) is 4.98 Å². The molecular formula is C30H36FN7OS. The molecule has 0 unspecified atom stereocenters. The molecule has 5 rings (SSSR count). The van der Waals surface area contributed by atoms with Crippen LogP contribution in [0.25, 0.3) is 22.2 Å². The summed E-state index contributed by atoms with van der Waals surface area (Å²) in [6.07, 6.45) is 8.43. The maximum atomic E-state index is 14.7. The molecule has 4 aromatic rings. The van der Waals surface area contributed by atoms with Gasteiger partial charge in [0.2, 0.25) is 0 Å². The van der Waals surface area contributed by atoms with Crippen LogP contribution in [0.5, 0.6) is 0 Å². The molecule has 0 bridgehead atoms. The number of piperidine rings is 1. The third-order valence-corrected chi connectivity index (χ3v) is 7.59. The van der Waals surface area contributed by atoms with Gasteiger partial charge < -0.3 is 15.5 Å². The molecule has 1 atom stereocenters. The first kappa shape index (κ1) is 29.4. The molecule has 2 N–H and O–H groups in total. The summed E-state index contributed by atoms with van der Waals surface area (Å²) in [5.74, 6) is 0.543. The number of carbonyl (C=O) groups excluding carboxylic acids is 1. The van der Waals surface area contributed by atoms with Crippen molar-refractivity contribution in [2.24, 2.45) is 5.92 Å². The van der Waals surface area contributed by atoms with Gasteiger partial charge in [-0.15, -0.1) is 0 Å². The second kappa shape index (κ2) is 13.1. The van der Waals surface area contributed by atoms with Gasteiger partial charge in [-0.05, 0) is 75.1 Å². The SMILES string of the molecule is CNC(=O)c1ccnc2c([C@H](C)CNc3cc(-c4ccc(CC5CCN(C)CC5)nc4)ncn3)ccc(F)c12.S. The van der Waals surface area contributed by atoms with E-state index in [1.54, 1.807) is 18.6 Å². The van der Waals surface area contributed by atoms with Gasteiger partial charge in [-0.2, -0.15) is 13.5 Å². The van der Waals surface area contributed by atoms with Gasteiger partial charge >= 0.3 is 0 Å². The lowest BCUT2D eigenvalue weighted by atomic mass is 9.92. The zero-order valence-corrected chi connectivity index (χ0v) is 24.1. The summed E-state index contributed by atoms with van der Waals surface area (Å²) in [4.78, 5) is 32.6. The van der Waals surface area contributed by atoms with Gasteiger partial charge in [-0.1, -0.05) is 13.0 Å². The number of anilines is 1. The van der Waals surface area contributed by atoms with Gasteiger partial charge in [0, 0.05) is 54.6 Å². The van der Waals surface area contributed by atoms with Crippen LogP contribution in [0.2, 0.25) is 0 Å². The number of hydrogen-bond donors (Lipinski definition) is 2. The van der Waals surface area contributed by atoms with E-state index in [9.17, 15) is 9.18 Å². The van der Waals surface area contributed by atoms with E-state index < -0.39 is 5.82 Å². The number of hydrogen-bond acceptors (Lipinski definition) is 7. The van der Waals surface area contributed by atoms with Crippen molar-refractivity contribution in [2.45, 2.75) is 32.1 Å². The van der Waals surface area contributed by atoms with Crippen molar-refractivity contribution < 1.29 is 9.18 Å². The lowest BCUT2D eigenvalue weighted by Gasteiger charge is -2.28. The number of amides is 1. The molecular weight excluding hydrogens is 525 g/mol. The van der Waals surface area contributed by atoms with Gasteiger partial charge in [0.1, 0.15) is 18.0 Å². The number of benzene rings is 1. The molecule has 8 nitrogen and oxygen atoms in total. The normalized spacial score (nSPS) is 14.9. The Bertz CT molecular complexity index is 1460. The largest absolute Gasteiger partial charge is 0.369 e. The van der Waals surface area contributed by atoms with Crippen molar-refractivity contribution in [1.82, 2.24) is 30.2 Å². The molecule has 210 valence electrons. The zero-order chi connectivity index (χ0) is 27.4. The van der Waals surface area contributed by atoms with Gasteiger partial charge in [-0.25, -0.2) is 14.4 Å². The number of nitrogens with zero attached hydrogens (tertiary/aromatic N) is 5. The first-order valence-corrected chi connectivity index (χ1v) is 13.4. The number of fused-ring (bicyclic) bond motifs is 1. The van der Waals surface area contributed by atoms with Crippen molar-refractivity contribution >= 4 is 36.1 Å². The van der Waals surface area contributed by atoms with Crippen LogP contribution in [-0.4, -0.2) is 64.5 Å². The maximum Gasteiger partial charge on any atom is 0.251 e. The summed E-state index contributed by atoms with van der Waals surface area (Å²) in [6.45, 7) is 4.88. The molecule has 10 heteroatoms. The molecule has 1 fully saturated rings. The van der Waals surface area contributed by atoms with Gasteiger partial charge in [0.15, 0.2) is 0 Å². The highest BCUT2D eigenvalue weighted by Crippen LogP contribution is 2.29. The zero-order valence-electron chi connectivity index (χ0n) is 23.1. The van der Waals surface area contributed by atoms with Crippen LogP contribution in [0.4, 0.5) is 10.2 Å². The highest BCUT2D eigenvalue weighted by atomic mass is 32.1. The number of nitrogens with one attached hydrogen (secondary N) is 2. The fourth-order valence-electron chi connectivity index (χ4n) is 5.21. The van der Waals surface area contributed by atoms with E-state index in [0.717, 1.165) is 42.0 Å². The van der Waals surface area contributed by atoms with Gasteiger partial charge in [0.05, 0.1) is 16.8 Å². The summed E-state index contributed by atoms with van der Waals surface area (Å²) in [5, 5.41) is 6.18. The predicted octanol–water partition coefficient (Wildman–Crippen LogP) is 4.80. The van der Waals surface area contributed by atoms with Crippen molar-refractivity contribution in [2.75, 3.05) is 39.0 Å². The molecule has 0 radical (unpaired) electrons. The second-order valence-electron chi connectivity index (χ2n) is 10.4. The van der Waals surface area contributed by atoms with Gasteiger partial charge in [-0.3, -0.25) is 14.8 Å². The molecule has 4 heterocycles. The number of carbonyl (C=O) groups is 1. The van der Waals surface area contributed by atoms with Crippen LogP contribution in [-0.2, 0) is 6.42 Å². The van der Waals surface area contributed by atoms with Crippen LogP contribution in [0.3, 0.4) is 0 Å². The summed E-state index contributed by atoms with van der Waals surface area (Å²) in [7, 11) is 3.71. The summed E-state index contributed by atoms with van der Waals surface area (Å²) >= 11 is 0. The first-order valence-electron chi connectivity index (χ1n) is 13.4. The minimum absolute atomic E-state index is 0. The minimum Gasteiger partial charge on any atom is -0.369 e. The van der Waals surface area contributed by atoms with E-state index in [2.05, 4.69) is 49.7 Å². The molecule has 1 aliphatic heterocycles. The third kappa shape index (κ3) is 6.56. The number of likely N-dealkylation sites (tertiary alicyclic amines) is 1. The van der Waals surface area contributed by atoms with E-state index in [1.165, 1.54) is 32.0 Å². The Hall–Kier alpha value is -3.63. The van der Waals surface area contributed by atoms with Crippen LogP contribution in [0.15, 0.2) is 55.1 Å². The molecule has 0 aliphatic carbocycles. The fourth-order valence-corrected chi connectivity index (χ4v) is 5.21. The smallest absolute Gasteiger partial charge is 0.251 e. The Morgan fingerprint density at radius 2 is 1.90 bits per heavy atom. The van der Waals surface area contributed by atoms with E-state index >= 15 is 0 Å². The van der Waals surface area contributed by atoms with Crippen LogP contribution in [0, 0.1) is 11.7 Å². The Labute approximate surface area is 241 Å². The number of rotatable bonds is 8. The number of aromatic nitrogens is 4. The summed E-state index contributed by atoms with van der Waals surface area (Å²) < 4.78 is 14.7. The highest BCUT2D eigenvalue weighted by Gasteiger charge is 2.19. The molecule has 1 saturated heterocycles. The lowest BCUT2D eigenvalue weighted by Crippen LogP contribution is -2.31. The van der Waals surface area contributed by atoms with Crippen molar-refractivity contribution in [1.29, 1.82) is 0 Å². The molecule has 1 aromatic carbocycles. The molecule has 40 heavy (non-hydrogen) atoms. The van der Waals surface area contributed by atoms with Crippen LogP contribution in [0.1, 0.15) is 47.3 Å². The van der Waals surface area contributed by atoms with E-state index in [0.29, 0.717) is 23.8 Å². The van der Waals surface area contributed by atoms with Crippen molar-refractivity contribution in [3.05, 3.63) is 77.8 Å². The van der Waals surface area contributed by atoms with E-state index in [1.807, 2.05) is 19.2 Å². The maximum absolute atomic E-state index is 14.7. The van der Waals surface area contributed by atoms with Gasteiger partial charge in [0.25, 0.3) is 5.91 Å². The molecule has 0 saturated carbocycles. The topological polar surface area (TPSA) is 95.9 Å². The third-order valence-electron chi connectivity index (χ3n) is 7.59. The Morgan fingerprint density at radius 3 is 2.62 bits per heavy atom.